The molecule has 4 aromatic rings. The fourth-order valence-electron chi connectivity index (χ4n) is 5.40. The van der Waals surface area contributed by atoms with Crippen LogP contribution in [-0.4, -0.2) is 71.3 Å². The zero-order valence-electron chi connectivity index (χ0n) is 22.6. The Bertz CT molecular complexity index is 1600. The molecule has 0 unspecified atom stereocenters. The number of nitrogens with zero attached hydrogens (tertiary/aromatic N) is 6. The summed E-state index contributed by atoms with van der Waals surface area (Å²) in [7, 11) is -1.65. The molecular formula is C28H33F2N7O2S. The highest BCUT2D eigenvalue weighted by Gasteiger charge is 2.25. The summed E-state index contributed by atoms with van der Waals surface area (Å²) in [6.07, 6.45) is 8.62. The van der Waals surface area contributed by atoms with Crippen molar-refractivity contribution in [3.8, 4) is 16.8 Å². The van der Waals surface area contributed by atoms with Crippen LogP contribution in [0.25, 0.3) is 27.8 Å². The van der Waals surface area contributed by atoms with Crippen LogP contribution in [0.3, 0.4) is 0 Å². The van der Waals surface area contributed by atoms with Gasteiger partial charge in [-0.2, -0.15) is 0 Å². The number of nitrogens with two attached hydrogens (primary N) is 1. The molecule has 4 heterocycles. The molecule has 0 atom stereocenters. The smallest absolute Gasteiger partial charge is 0.209 e. The predicted molar refractivity (Wildman–Crippen MR) is 152 cm³/mol. The van der Waals surface area contributed by atoms with Crippen LogP contribution >= 0.6 is 0 Å². The van der Waals surface area contributed by atoms with E-state index >= 15 is 8.78 Å². The van der Waals surface area contributed by atoms with Crippen molar-refractivity contribution in [1.29, 1.82) is 0 Å². The Hall–Kier alpha value is -3.48. The molecule has 1 saturated heterocycles. The minimum Gasteiger partial charge on any atom is -0.357 e. The third-order valence-electron chi connectivity index (χ3n) is 7.68. The molecule has 12 heteroatoms. The summed E-state index contributed by atoms with van der Waals surface area (Å²) in [6, 6.07) is 6.57. The summed E-state index contributed by atoms with van der Waals surface area (Å²) in [5.41, 5.74) is 2.36. The molecule has 0 aliphatic carbocycles. The fourth-order valence-corrected chi connectivity index (χ4v) is 5.94. The summed E-state index contributed by atoms with van der Waals surface area (Å²) in [6.45, 7) is 5.27. The SMILES string of the molecule is CCN1CCC(N(C)c2ccc3c(n2)c(-c2cncnc2)cn3-c2c(F)ccc(CCCS(N)(=O)=O)c2F)CC1. The maximum Gasteiger partial charge on any atom is 0.209 e. The molecule has 1 aliphatic rings. The van der Waals surface area contributed by atoms with E-state index in [9.17, 15) is 8.42 Å². The van der Waals surface area contributed by atoms with Gasteiger partial charge in [-0.1, -0.05) is 13.0 Å². The molecule has 0 bridgehead atoms. The molecule has 5 rings (SSSR count). The zero-order chi connectivity index (χ0) is 28.4. The monoisotopic (exact) mass is 569 g/mol. The Morgan fingerprint density at radius 1 is 1.10 bits per heavy atom. The van der Waals surface area contributed by atoms with Crippen LogP contribution < -0.4 is 10.0 Å². The molecule has 0 amide bonds. The van der Waals surface area contributed by atoms with Crippen molar-refractivity contribution in [2.24, 2.45) is 5.14 Å². The van der Waals surface area contributed by atoms with E-state index in [1.165, 1.54) is 23.0 Å². The number of fused-ring (bicyclic) bond motifs is 1. The van der Waals surface area contributed by atoms with Crippen molar-refractivity contribution in [1.82, 2.24) is 24.4 Å². The van der Waals surface area contributed by atoms with Crippen LogP contribution in [0.15, 0.2) is 49.2 Å². The van der Waals surface area contributed by atoms with Crippen molar-refractivity contribution >= 4 is 26.9 Å². The number of hydrogen-bond acceptors (Lipinski definition) is 7. The Balaban J connectivity index is 1.58. The summed E-state index contributed by atoms with van der Waals surface area (Å²) in [5.74, 6) is -1.02. The minimum absolute atomic E-state index is 0.0954. The normalized spacial score (nSPS) is 15.1. The minimum atomic E-state index is -3.69. The number of benzene rings is 1. The quantitative estimate of drug-likeness (QED) is 0.326. The lowest BCUT2D eigenvalue weighted by Gasteiger charge is -2.36. The molecule has 2 N–H and O–H groups in total. The van der Waals surface area contributed by atoms with Gasteiger partial charge in [-0.25, -0.2) is 37.3 Å². The van der Waals surface area contributed by atoms with Crippen LogP contribution in [0.2, 0.25) is 0 Å². The van der Waals surface area contributed by atoms with E-state index in [-0.39, 0.29) is 29.8 Å². The Kier molecular flexibility index (Phi) is 8.11. The summed E-state index contributed by atoms with van der Waals surface area (Å²) in [4.78, 5) is 17.9. The van der Waals surface area contributed by atoms with Crippen molar-refractivity contribution in [2.45, 2.75) is 38.6 Å². The first-order valence-electron chi connectivity index (χ1n) is 13.4. The summed E-state index contributed by atoms with van der Waals surface area (Å²) < 4.78 is 55.2. The van der Waals surface area contributed by atoms with Gasteiger partial charge in [0.25, 0.3) is 0 Å². The first-order valence-corrected chi connectivity index (χ1v) is 15.1. The van der Waals surface area contributed by atoms with E-state index in [0.717, 1.165) is 38.3 Å². The highest BCUT2D eigenvalue weighted by molar-refractivity contribution is 7.89. The lowest BCUT2D eigenvalue weighted by molar-refractivity contribution is 0.220. The third-order valence-corrected chi connectivity index (χ3v) is 8.54. The number of anilines is 1. The van der Waals surface area contributed by atoms with Crippen LogP contribution in [0.5, 0.6) is 0 Å². The lowest BCUT2D eigenvalue weighted by Crippen LogP contribution is -2.43. The molecule has 1 fully saturated rings. The largest absolute Gasteiger partial charge is 0.357 e. The first kappa shape index (κ1) is 28.1. The Labute approximate surface area is 232 Å². The van der Waals surface area contributed by atoms with Crippen molar-refractivity contribution in [3.05, 3.63) is 66.4 Å². The molecule has 1 aromatic carbocycles. The van der Waals surface area contributed by atoms with E-state index in [2.05, 4.69) is 26.7 Å². The maximum atomic E-state index is 15.8. The third kappa shape index (κ3) is 5.84. The number of likely N-dealkylation sites (tertiary alicyclic amines) is 1. The van der Waals surface area contributed by atoms with E-state index in [0.29, 0.717) is 28.2 Å². The van der Waals surface area contributed by atoms with Crippen LogP contribution in [0.1, 0.15) is 31.7 Å². The number of primary sulfonamides is 1. The van der Waals surface area contributed by atoms with Gasteiger partial charge in [0.2, 0.25) is 10.0 Å². The van der Waals surface area contributed by atoms with Gasteiger partial charge < -0.3 is 14.4 Å². The molecular weight excluding hydrogens is 536 g/mol. The van der Waals surface area contributed by atoms with Gasteiger partial charge in [0.05, 0.1) is 16.8 Å². The number of aromatic nitrogens is 4. The summed E-state index contributed by atoms with van der Waals surface area (Å²) in [5, 5.41) is 5.09. The van der Waals surface area contributed by atoms with Gasteiger partial charge in [-0.3, -0.25) is 0 Å². The van der Waals surface area contributed by atoms with Gasteiger partial charge in [0.15, 0.2) is 5.82 Å². The molecule has 0 spiro atoms. The second-order valence-electron chi connectivity index (χ2n) is 10.2. The molecule has 1 aliphatic heterocycles. The number of pyridine rings is 1. The Morgan fingerprint density at radius 2 is 1.82 bits per heavy atom. The highest BCUT2D eigenvalue weighted by Crippen LogP contribution is 2.35. The Morgan fingerprint density at radius 3 is 2.50 bits per heavy atom. The molecule has 9 nitrogen and oxygen atoms in total. The van der Waals surface area contributed by atoms with E-state index in [1.54, 1.807) is 18.6 Å². The number of halogens is 2. The van der Waals surface area contributed by atoms with Gasteiger partial charge in [0, 0.05) is 55.9 Å². The second kappa shape index (κ2) is 11.6. The maximum absolute atomic E-state index is 15.8. The first-order chi connectivity index (χ1) is 19.2. The zero-order valence-corrected chi connectivity index (χ0v) is 23.4. The van der Waals surface area contributed by atoms with Gasteiger partial charge in [-0.05, 0) is 56.0 Å². The average Bonchev–Trinajstić information content (AvgIpc) is 3.32. The highest BCUT2D eigenvalue weighted by atomic mass is 32.2. The van der Waals surface area contributed by atoms with Crippen LogP contribution in [0, 0.1) is 11.6 Å². The van der Waals surface area contributed by atoms with E-state index < -0.39 is 21.7 Å². The van der Waals surface area contributed by atoms with Gasteiger partial charge >= 0.3 is 0 Å². The predicted octanol–water partition coefficient (Wildman–Crippen LogP) is 3.90. The van der Waals surface area contributed by atoms with Gasteiger partial charge in [0.1, 0.15) is 23.6 Å². The molecule has 212 valence electrons. The molecule has 0 saturated carbocycles. The standard InChI is InChI=1S/C28H33F2N7O2S/c1-3-36-12-10-21(11-13-36)35(2)25-9-8-24-27(34-25)22(20-15-32-18-33-16-20)17-37(24)28-23(29)7-6-19(26(28)30)5-4-14-40(31,38)39/h6-9,15-18,21H,3-5,10-14H2,1-2H3,(H2,31,38,39). The van der Waals surface area contributed by atoms with Crippen molar-refractivity contribution in [2.75, 3.05) is 37.3 Å². The topological polar surface area (TPSA) is 110 Å². The fraction of sp³-hybridized carbons (Fsp3) is 0.393. The van der Waals surface area contributed by atoms with E-state index in [4.69, 9.17) is 10.1 Å². The van der Waals surface area contributed by atoms with Crippen LogP contribution in [-0.2, 0) is 16.4 Å². The van der Waals surface area contributed by atoms with E-state index in [1.807, 2.05) is 19.2 Å². The molecule has 40 heavy (non-hydrogen) atoms. The number of aryl methyl sites for hydroxylation is 1. The van der Waals surface area contributed by atoms with Crippen molar-refractivity contribution in [3.63, 3.8) is 0 Å². The average molecular weight is 570 g/mol. The number of rotatable bonds is 9. The molecule has 3 aromatic heterocycles. The van der Waals surface area contributed by atoms with Crippen molar-refractivity contribution < 1.29 is 17.2 Å². The summed E-state index contributed by atoms with van der Waals surface area (Å²) >= 11 is 0. The second-order valence-corrected chi connectivity index (χ2v) is 11.9. The number of hydrogen-bond donors (Lipinski definition) is 1. The number of sulfonamides is 1. The molecule has 0 radical (unpaired) electrons. The van der Waals surface area contributed by atoms with Gasteiger partial charge in [-0.15, -0.1) is 0 Å². The number of piperidine rings is 1. The lowest BCUT2D eigenvalue weighted by atomic mass is 10.0. The van der Waals surface area contributed by atoms with Crippen LogP contribution in [0.4, 0.5) is 14.6 Å².